The van der Waals surface area contributed by atoms with Crippen molar-refractivity contribution in [1.29, 1.82) is 0 Å². The predicted molar refractivity (Wildman–Crippen MR) is 107 cm³/mol. The van der Waals surface area contributed by atoms with E-state index in [1.165, 1.54) is 6.07 Å². The average Bonchev–Trinajstić information content (AvgIpc) is 3.46. The predicted octanol–water partition coefficient (Wildman–Crippen LogP) is 3.23. The van der Waals surface area contributed by atoms with Crippen molar-refractivity contribution < 1.29 is 13.9 Å². The highest BCUT2D eigenvalue weighted by atomic mass is 19.1. The van der Waals surface area contributed by atoms with E-state index in [0.29, 0.717) is 31.7 Å². The molecule has 2 aliphatic rings. The molecule has 0 radical (unpaired) electrons. The summed E-state index contributed by atoms with van der Waals surface area (Å²) in [6.45, 7) is 2.93. The topological polar surface area (TPSA) is 66.5 Å². The van der Waals surface area contributed by atoms with Gasteiger partial charge in [-0.05, 0) is 43.5 Å². The third-order valence-electron chi connectivity index (χ3n) is 6.26. The van der Waals surface area contributed by atoms with Gasteiger partial charge in [0.05, 0.1) is 30.4 Å². The van der Waals surface area contributed by atoms with Crippen LogP contribution in [0.4, 0.5) is 4.39 Å². The Bertz CT molecular complexity index is 1310. The van der Waals surface area contributed by atoms with Crippen LogP contribution in [0.25, 0.3) is 17.0 Å². The molecular formula is C22H20FN5O2. The smallest absolute Gasteiger partial charge is 0.172 e. The third kappa shape index (κ3) is 2.39. The largest absolute Gasteiger partial charge is 0.493 e. The van der Waals surface area contributed by atoms with E-state index in [0.717, 1.165) is 45.4 Å². The van der Waals surface area contributed by atoms with E-state index in [-0.39, 0.29) is 11.7 Å². The van der Waals surface area contributed by atoms with E-state index in [9.17, 15) is 4.39 Å². The summed E-state index contributed by atoms with van der Waals surface area (Å²) >= 11 is 0. The lowest BCUT2D eigenvalue weighted by Crippen LogP contribution is -2.13. The fraction of sp³-hybridized carbons (Fsp3) is 0.318. The summed E-state index contributed by atoms with van der Waals surface area (Å²) < 4.78 is 30.8. The molecule has 0 amide bonds. The van der Waals surface area contributed by atoms with Gasteiger partial charge in [0.1, 0.15) is 29.5 Å². The van der Waals surface area contributed by atoms with Crippen LogP contribution in [0, 0.1) is 12.7 Å². The van der Waals surface area contributed by atoms with Gasteiger partial charge in [0.2, 0.25) is 0 Å². The molecule has 0 aliphatic carbocycles. The van der Waals surface area contributed by atoms with Crippen molar-refractivity contribution in [3.8, 4) is 22.9 Å². The van der Waals surface area contributed by atoms with Crippen LogP contribution in [0.15, 0.2) is 30.7 Å². The van der Waals surface area contributed by atoms with Crippen molar-refractivity contribution in [2.24, 2.45) is 7.05 Å². The summed E-state index contributed by atoms with van der Waals surface area (Å²) in [7, 11) is 1.98. The summed E-state index contributed by atoms with van der Waals surface area (Å²) in [4.78, 5) is 4.56. The van der Waals surface area contributed by atoms with Gasteiger partial charge in [0.15, 0.2) is 5.65 Å². The van der Waals surface area contributed by atoms with Gasteiger partial charge in [-0.3, -0.25) is 4.40 Å². The molecule has 0 fully saturated rings. The SMILES string of the molecule is Cc1cnc(-c2cc3c(n4cnnc24)CCc2c(F)ccc4c2[C@H](CO4)CO3)n1C. The number of nitrogens with zero attached hydrogens (tertiary/aromatic N) is 5. The molecule has 3 aromatic heterocycles. The minimum absolute atomic E-state index is 0.00659. The Morgan fingerprint density at radius 2 is 1.97 bits per heavy atom. The molecular weight excluding hydrogens is 385 g/mol. The normalized spacial score (nSPS) is 17.5. The molecule has 6 rings (SSSR count). The summed E-state index contributed by atoms with van der Waals surface area (Å²) in [6, 6.07) is 5.21. The first-order valence-corrected chi connectivity index (χ1v) is 10.0. The fourth-order valence-electron chi connectivity index (χ4n) is 4.58. The summed E-state index contributed by atoms with van der Waals surface area (Å²) in [5, 5.41) is 8.48. The third-order valence-corrected chi connectivity index (χ3v) is 6.26. The molecule has 8 heteroatoms. The van der Waals surface area contributed by atoms with Crippen molar-refractivity contribution in [3.05, 3.63) is 59.1 Å². The van der Waals surface area contributed by atoms with Gasteiger partial charge >= 0.3 is 0 Å². The van der Waals surface area contributed by atoms with E-state index < -0.39 is 0 Å². The van der Waals surface area contributed by atoms with E-state index >= 15 is 0 Å². The molecule has 1 atom stereocenters. The van der Waals surface area contributed by atoms with Gasteiger partial charge in [-0.2, -0.15) is 0 Å². The number of imidazole rings is 1. The molecule has 5 heterocycles. The standard InChI is InChI=1S/C22H20FN5O2/c1-12-8-24-21(27(12)2)15-7-19-17(28-11-25-26-22(15)28)5-3-14-16(23)4-6-18-20(14)13(9-29-18)10-30-19/h4,6-8,11,13H,3,5,9-10H2,1-2H3/t13-/m1/s1. The van der Waals surface area contributed by atoms with Crippen molar-refractivity contribution in [2.45, 2.75) is 25.7 Å². The molecule has 0 saturated carbocycles. The van der Waals surface area contributed by atoms with Crippen molar-refractivity contribution in [2.75, 3.05) is 13.2 Å². The zero-order valence-corrected chi connectivity index (χ0v) is 16.7. The van der Waals surface area contributed by atoms with Gasteiger partial charge in [0, 0.05) is 24.5 Å². The Balaban J connectivity index is 1.53. The van der Waals surface area contributed by atoms with Crippen LogP contribution in [0.1, 0.15) is 28.4 Å². The highest BCUT2D eigenvalue weighted by Gasteiger charge is 2.31. The quantitative estimate of drug-likeness (QED) is 0.486. The van der Waals surface area contributed by atoms with Crippen LogP contribution < -0.4 is 9.47 Å². The van der Waals surface area contributed by atoms with Crippen LogP contribution in [0.5, 0.6) is 11.5 Å². The van der Waals surface area contributed by atoms with Crippen LogP contribution in [-0.4, -0.2) is 37.4 Å². The Morgan fingerprint density at radius 3 is 2.77 bits per heavy atom. The summed E-state index contributed by atoms with van der Waals surface area (Å²) in [6.07, 6.45) is 4.68. The molecule has 152 valence electrons. The van der Waals surface area contributed by atoms with Crippen molar-refractivity contribution in [3.63, 3.8) is 0 Å². The van der Waals surface area contributed by atoms with Gasteiger partial charge in [-0.1, -0.05) is 0 Å². The number of hydrogen-bond donors (Lipinski definition) is 0. The molecule has 7 nitrogen and oxygen atoms in total. The minimum atomic E-state index is -0.187. The van der Waals surface area contributed by atoms with E-state index in [1.807, 2.05) is 35.2 Å². The maximum atomic E-state index is 14.7. The molecule has 30 heavy (non-hydrogen) atoms. The van der Waals surface area contributed by atoms with Gasteiger partial charge < -0.3 is 14.0 Å². The van der Waals surface area contributed by atoms with Crippen LogP contribution in [-0.2, 0) is 19.9 Å². The van der Waals surface area contributed by atoms with Gasteiger partial charge in [-0.25, -0.2) is 9.37 Å². The molecule has 0 spiro atoms. The maximum Gasteiger partial charge on any atom is 0.172 e. The Hall–Kier alpha value is -3.42. The van der Waals surface area contributed by atoms with Gasteiger partial charge in [-0.15, -0.1) is 10.2 Å². The number of hydrogen-bond acceptors (Lipinski definition) is 5. The van der Waals surface area contributed by atoms with E-state index in [1.54, 1.807) is 12.4 Å². The second-order valence-electron chi connectivity index (χ2n) is 7.93. The number of aromatic nitrogens is 5. The molecule has 2 aliphatic heterocycles. The molecule has 4 aromatic rings. The molecule has 0 saturated heterocycles. The summed E-state index contributed by atoms with van der Waals surface area (Å²) in [5.41, 5.74) is 5.22. The first-order valence-electron chi connectivity index (χ1n) is 10.0. The highest BCUT2D eigenvalue weighted by molar-refractivity contribution is 5.75. The first-order chi connectivity index (χ1) is 14.6. The number of benzene rings is 1. The second kappa shape index (κ2) is 6.29. The van der Waals surface area contributed by atoms with Crippen molar-refractivity contribution in [1.82, 2.24) is 24.1 Å². The van der Waals surface area contributed by atoms with E-state index in [4.69, 9.17) is 9.47 Å². The lowest BCUT2D eigenvalue weighted by atomic mass is 9.93. The second-order valence-corrected chi connectivity index (χ2v) is 7.93. The zero-order chi connectivity index (χ0) is 20.4. The molecule has 0 N–H and O–H groups in total. The number of aryl methyl sites for hydroxylation is 2. The number of rotatable bonds is 1. The minimum Gasteiger partial charge on any atom is -0.493 e. The van der Waals surface area contributed by atoms with Crippen LogP contribution in [0.2, 0.25) is 0 Å². The van der Waals surface area contributed by atoms with Crippen LogP contribution in [0.3, 0.4) is 0 Å². The number of pyridine rings is 1. The van der Waals surface area contributed by atoms with Gasteiger partial charge in [0.25, 0.3) is 0 Å². The number of ether oxygens (including phenoxy) is 2. The Labute approximate surface area is 172 Å². The zero-order valence-electron chi connectivity index (χ0n) is 16.7. The Morgan fingerprint density at radius 1 is 1.13 bits per heavy atom. The van der Waals surface area contributed by atoms with E-state index in [2.05, 4.69) is 15.2 Å². The highest BCUT2D eigenvalue weighted by Crippen LogP contribution is 2.41. The number of fused-ring (bicyclic) bond motifs is 3. The van der Waals surface area contributed by atoms with Crippen molar-refractivity contribution >= 4 is 5.65 Å². The lowest BCUT2D eigenvalue weighted by Gasteiger charge is -2.16. The monoisotopic (exact) mass is 405 g/mol. The molecule has 0 bridgehead atoms. The molecule has 1 aromatic carbocycles. The fourth-order valence-corrected chi connectivity index (χ4v) is 4.58. The average molecular weight is 405 g/mol. The van der Waals surface area contributed by atoms with Crippen LogP contribution >= 0.6 is 0 Å². The lowest BCUT2D eigenvalue weighted by molar-refractivity contribution is 0.246. The Kier molecular flexibility index (Phi) is 3.65. The maximum absolute atomic E-state index is 14.7. The molecule has 0 unspecified atom stereocenters. The summed E-state index contributed by atoms with van der Waals surface area (Å²) in [5.74, 6) is 2.14. The first kappa shape index (κ1) is 17.4. The number of halogens is 1.